The summed E-state index contributed by atoms with van der Waals surface area (Å²) >= 11 is 0. The van der Waals surface area contributed by atoms with E-state index in [1.54, 1.807) is 0 Å². The maximum atomic E-state index is 3.86. The maximum Gasteiger partial charge on any atom is -0.0150 e. The third-order valence-electron chi connectivity index (χ3n) is 2.68. The van der Waals surface area contributed by atoms with E-state index in [0.717, 1.165) is 6.42 Å². The first-order valence-electron chi connectivity index (χ1n) is 5.77. The Morgan fingerprint density at radius 1 is 1.31 bits per heavy atom. The van der Waals surface area contributed by atoms with Gasteiger partial charge in [0, 0.05) is 0 Å². The molecule has 0 heterocycles. The van der Waals surface area contributed by atoms with Crippen LogP contribution < -0.4 is 0 Å². The van der Waals surface area contributed by atoms with Gasteiger partial charge in [0.15, 0.2) is 0 Å². The number of rotatable bonds is 5. The predicted octanol–water partition coefficient (Wildman–Crippen LogP) is 4.87. The second-order valence-electron chi connectivity index (χ2n) is 3.99. The normalized spacial score (nSPS) is 14.0. The highest BCUT2D eigenvalue weighted by atomic mass is 14.1. The smallest absolute Gasteiger partial charge is 0.0150 e. The summed E-state index contributed by atoms with van der Waals surface area (Å²) in [4.78, 5) is 0. The van der Waals surface area contributed by atoms with E-state index >= 15 is 0 Å². The van der Waals surface area contributed by atoms with Gasteiger partial charge in [0.05, 0.1) is 0 Å². The summed E-state index contributed by atoms with van der Waals surface area (Å²) in [6, 6.07) is 10.6. The zero-order chi connectivity index (χ0) is 11.8. The summed E-state index contributed by atoms with van der Waals surface area (Å²) in [6.07, 6.45) is 9.22. The van der Waals surface area contributed by atoms with Gasteiger partial charge in [0.1, 0.15) is 0 Å². The van der Waals surface area contributed by atoms with E-state index in [1.165, 1.54) is 11.1 Å². The Morgan fingerprint density at radius 3 is 2.56 bits per heavy atom. The lowest BCUT2D eigenvalue weighted by molar-refractivity contribution is 0.762. The van der Waals surface area contributed by atoms with Crippen LogP contribution in [0, 0.1) is 0 Å². The fourth-order valence-electron chi connectivity index (χ4n) is 1.69. The Bertz CT molecular complexity index is 368. The molecule has 84 valence electrons. The van der Waals surface area contributed by atoms with Crippen molar-refractivity contribution in [3.05, 3.63) is 72.4 Å². The van der Waals surface area contributed by atoms with Gasteiger partial charge in [0.25, 0.3) is 0 Å². The summed E-state index contributed by atoms with van der Waals surface area (Å²) in [7, 11) is 0. The predicted molar refractivity (Wildman–Crippen MR) is 72.6 cm³/mol. The largest absolute Gasteiger partial charge is 0.0988 e. The lowest BCUT2D eigenvalue weighted by atomic mass is 9.93. The molecule has 0 saturated heterocycles. The van der Waals surface area contributed by atoms with Crippen molar-refractivity contribution in [3.63, 3.8) is 0 Å². The Morgan fingerprint density at radius 2 is 2.00 bits per heavy atom. The molecule has 0 aliphatic carbocycles. The standard InChI is InChI=1S/C16H20/c1-4-6-10-15(5-2)13-14(3)16-11-8-7-9-12-16/h4-12,14H,2,13H2,1,3H3/b6-4-,15-10+. The van der Waals surface area contributed by atoms with E-state index < -0.39 is 0 Å². The van der Waals surface area contributed by atoms with Gasteiger partial charge in [0.2, 0.25) is 0 Å². The molecule has 1 atom stereocenters. The van der Waals surface area contributed by atoms with Crippen LogP contribution in [0.25, 0.3) is 0 Å². The van der Waals surface area contributed by atoms with E-state index in [2.05, 4.69) is 56.0 Å². The molecule has 0 aliphatic heterocycles. The molecule has 0 aliphatic rings. The fraction of sp³-hybridized carbons (Fsp3) is 0.250. The molecule has 0 amide bonds. The van der Waals surface area contributed by atoms with Gasteiger partial charge in [-0.05, 0) is 30.4 Å². The molecule has 16 heavy (non-hydrogen) atoms. The molecule has 0 saturated carbocycles. The number of hydrogen-bond donors (Lipinski definition) is 0. The van der Waals surface area contributed by atoms with Gasteiger partial charge in [-0.25, -0.2) is 0 Å². The first kappa shape index (κ1) is 12.5. The van der Waals surface area contributed by atoms with Crippen LogP contribution in [0.4, 0.5) is 0 Å². The molecular weight excluding hydrogens is 192 g/mol. The molecule has 0 N–H and O–H groups in total. The van der Waals surface area contributed by atoms with Gasteiger partial charge in [-0.15, -0.1) is 0 Å². The topological polar surface area (TPSA) is 0 Å². The second kappa shape index (κ2) is 6.84. The maximum absolute atomic E-state index is 3.86. The van der Waals surface area contributed by atoms with Crippen LogP contribution in [0.1, 0.15) is 31.7 Å². The Hall–Kier alpha value is -1.56. The van der Waals surface area contributed by atoms with Gasteiger partial charge in [-0.1, -0.05) is 68.1 Å². The zero-order valence-electron chi connectivity index (χ0n) is 10.2. The summed E-state index contributed by atoms with van der Waals surface area (Å²) < 4.78 is 0. The monoisotopic (exact) mass is 212 g/mol. The highest BCUT2D eigenvalue weighted by Crippen LogP contribution is 2.23. The molecule has 1 aromatic carbocycles. The molecule has 0 bridgehead atoms. The summed E-state index contributed by atoms with van der Waals surface area (Å²) in [5, 5.41) is 0. The van der Waals surface area contributed by atoms with E-state index in [-0.39, 0.29) is 0 Å². The van der Waals surface area contributed by atoms with Crippen molar-refractivity contribution < 1.29 is 0 Å². The summed E-state index contributed by atoms with van der Waals surface area (Å²) in [5.41, 5.74) is 2.67. The van der Waals surface area contributed by atoms with Gasteiger partial charge in [-0.2, -0.15) is 0 Å². The SMILES string of the molecule is C=C/C(=C\C=C/C)CC(C)c1ccccc1. The lowest BCUT2D eigenvalue weighted by Gasteiger charge is -2.12. The summed E-state index contributed by atoms with van der Waals surface area (Å²) in [5.74, 6) is 0.538. The van der Waals surface area contributed by atoms with Crippen LogP contribution in [0.5, 0.6) is 0 Å². The third kappa shape index (κ3) is 3.90. The van der Waals surface area contributed by atoms with E-state index in [0.29, 0.717) is 5.92 Å². The van der Waals surface area contributed by atoms with Crippen molar-refractivity contribution in [2.45, 2.75) is 26.2 Å². The van der Waals surface area contributed by atoms with Crippen LogP contribution in [0.15, 0.2) is 66.8 Å². The Labute approximate surface area is 99.0 Å². The molecule has 0 radical (unpaired) electrons. The minimum atomic E-state index is 0.538. The minimum absolute atomic E-state index is 0.538. The number of allylic oxidation sites excluding steroid dienone is 5. The van der Waals surface area contributed by atoms with Crippen molar-refractivity contribution in [1.82, 2.24) is 0 Å². The number of hydrogen-bond acceptors (Lipinski definition) is 0. The van der Waals surface area contributed by atoms with Crippen LogP contribution in [-0.2, 0) is 0 Å². The third-order valence-corrected chi connectivity index (χ3v) is 2.68. The van der Waals surface area contributed by atoms with E-state index in [4.69, 9.17) is 0 Å². The fourth-order valence-corrected chi connectivity index (χ4v) is 1.69. The molecule has 0 spiro atoms. The zero-order valence-corrected chi connectivity index (χ0v) is 10.2. The van der Waals surface area contributed by atoms with Gasteiger partial charge in [-0.3, -0.25) is 0 Å². The quantitative estimate of drug-likeness (QED) is 0.611. The van der Waals surface area contributed by atoms with Crippen LogP contribution in [-0.4, -0.2) is 0 Å². The first-order valence-corrected chi connectivity index (χ1v) is 5.77. The van der Waals surface area contributed by atoms with Crippen LogP contribution in [0.2, 0.25) is 0 Å². The molecule has 0 fully saturated rings. The molecular formula is C16H20. The Kier molecular flexibility index (Phi) is 5.35. The van der Waals surface area contributed by atoms with Crippen molar-refractivity contribution >= 4 is 0 Å². The first-order chi connectivity index (χ1) is 7.77. The minimum Gasteiger partial charge on any atom is -0.0988 e. The van der Waals surface area contributed by atoms with Crippen LogP contribution in [0.3, 0.4) is 0 Å². The van der Waals surface area contributed by atoms with Gasteiger partial charge >= 0.3 is 0 Å². The number of benzene rings is 1. The molecule has 1 aromatic rings. The molecule has 0 nitrogen and oxygen atoms in total. The average Bonchev–Trinajstić information content (AvgIpc) is 2.35. The second-order valence-corrected chi connectivity index (χ2v) is 3.99. The highest BCUT2D eigenvalue weighted by molar-refractivity contribution is 5.27. The summed E-state index contributed by atoms with van der Waals surface area (Å²) in [6.45, 7) is 8.14. The van der Waals surface area contributed by atoms with E-state index in [9.17, 15) is 0 Å². The van der Waals surface area contributed by atoms with Gasteiger partial charge < -0.3 is 0 Å². The molecule has 0 aromatic heterocycles. The van der Waals surface area contributed by atoms with Crippen molar-refractivity contribution in [3.8, 4) is 0 Å². The average molecular weight is 212 g/mol. The molecule has 1 unspecified atom stereocenters. The van der Waals surface area contributed by atoms with Crippen molar-refractivity contribution in [1.29, 1.82) is 0 Å². The molecule has 1 rings (SSSR count). The molecule has 0 heteroatoms. The highest BCUT2D eigenvalue weighted by Gasteiger charge is 2.05. The van der Waals surface area contributed by atoms with Crippen LogP contribution >= 0.6 is 0 Å². The van der Waals surface area contributed by atoms with Crippen molar-refractivity contribution in [2.75, 3.05) is 0 Å². The lowest BCUT2D eigenvalue weighted by Crippen LogP contribution is -1.94. The Balaban J connectivity index is 2.70. The van der Waals surface area contributed by atoms with Crippen molar-refractivity contribution in [2.24, 2.45) is 0 Å². The van der Waals surface area contributed by atoms with E-state index in [1.807, 2.05) is 19.1 Å².